The summed E-state index contributed by atoms with van der Waals surface area (Å²) in [4.78, 5) is 26.1. The fourth-order valence-corrected chi connectivity index (χ4v) is 2.70. The van der Waals surface area contributed by atoms with Crippen LogP contribution in [0.1, 0.15) is 22.0 Å². The molecule has 0 aromatic heterocycles. The van der Waals surface area contributed by atoms with Crippen molar-refractivity contribution in [1.29, 1.82) is 0 Å². The molecule has 1 heterocycles. The highest BCUT2D eigenvalue weighted by Crippen LogP contribution is 2.21. The van der Waals surface area contributed by atoms with E-state index in [2.05, 4.69) is 5.32 Å². The molecule has 1 aliphatic rings. The number of morpholine rings is 1. The Balaban J connectivity index is 1.54. The number of rotatable bonds is 4. The highest BCUT2D eigenvalue weighted by molar-refractivity contribution is 5.96. The van der Waals surface area contributed by atoms with Crippen LogP contribution in [0.5, 0.6) is 0 Å². The molecule has 0 saturated carbocycles. The Morgan fingerprint density at radius 2 is 1.71 bits per heavy atom. The average Bonchev–Trinajstić information content (AvgIpc) is 2.67. The monoisotopic (exact) mass is 324 g/mol. The fraction of sp³-hybridized carbons (Fsp3) is 0.263. The Morgan fingerprint density at radius 3 is 2.42 bits per heavy atom. The SMILES string of the molecule is O=C(NCC(=O)N1CCO[C@H](c2ccccc2)C1)c1ccccc1. The lowest BCUT2D eigenvalue weighted by atomic mass is 10.1. The van der Waals surface area contributed by atoms with Gasteiger partial charge in [0.2, 0.25) is 5.91 Å². The summed E-state index contributed by atoms with van der Waals surface area (Å²) in [7, 11) is 0. The highest BCUT2D eigenvalue weighted by atomic mass is 16.5. The van der Waals surface area contributed by atoms with Crippen molar-refractivity contribution >= 4 is 11.8 Å². The summed E-state index contributed by atoms with van der Waals surface area (Å²) in [5.41, 5.74) is 1.61. The van der Waals surface area contributed by atoms with Gasteiger partial charge in [-0.2, -0.15) is 0 Å². The molecular formula is C19H20N2O3. The zero-order valence-corrected chi connectivity index (χ0v) is 13.4. The lowest BCUT2D eigenvalue weighted by molar-refractivity contribution is -0.137. The second-order valence-electron chi connectivity index (χ2n) is 5.66. The summed E-state index contributed by atoms with van der Waals surface area (Å²) in [5, 5.41) is 2.68. The number of ether oxygens (including phenoxy) is 1. The van der Waals surface area contributed by atoms with Crippen LogP contribution in [-0.2, 0) is 9.53 Å². The molecule has 5 nitrogen and oxygen atoms in total. The maximum absolute atomic E-state index is 12.4. The summed E-state index contributed by atoms with van der Waals surface area (Å²) >= 11 is 0. The molecule has 2 aromatic rings. The molecule has 2 aromatic carbocycles. The first kappa shape index (κ1) is 16.2. The van der Waals surface area contributed by atoms with E-state index in [9.17, 15) is 9.59 Å². The number of carbonyl (C=O) groups is 2. The number of amides is 2. The van der Waals surface area contributed by atoms with Gasteiger partial charge in [-0.05, 0) is 17.7 Å². The van der Waals surface area contributed by atoms with Crippen molar-refractivity contribution < 1.29 is 14.3 Å². The first-order valence-electron chi connectivity index (χ1n) is 8.01. The van der Waals surface area contributed by atoms with Crippen LogP contribution in [0.25, 0.3) is 0 Å². The molecule has 3 rings (SSSR count). The van der Waals surface area contributed by atoms with Gasteiger partial charge in [-0.15, -0.1) is 0 Å². The third-order valence-electron chi connectivity index (χ3n) is 4.03. The van der Waals surface area contributed by atoms with Crippen molar-refractivity contribution in [2.75, 3.05) is 26.2 Å². The smallest absolute Gasteiger partial charge is 0.251 e. The van der Waals surface area contributed by atoms with Gasteiger partial charge >= 0.3 is 0 Å². The number of nitrogens with one attached hydrogen (secondary N) is 1. The highest BCUT2D eigenvalue weighted by Gasteiger charge is 2.25. The predicted molar refractivity (Wildman–Crippen MR) is 90.5 cm³/mol. The Hall–Kier alpha value is -2.66. The first-order chi connectivity index (χ1) is 11.7. The van der Waals surface area contributed by atoms with Crippen molar-refractivity contribution in [3.63, 3.8) is 0 Å². The molecular weight excluding hydrogens is 304 g/mol. The molecule has 0 aliphatic carbocycles. The van der Waals surface area contributed by atoms with E-state index in [0.717, 1.165) is 5.56 Å². The number of carbonyl (C=O) groups excluding carboxylic acids is 2. The van der Waals surface area contributed by atoms with Crippen molar-refractivity contribution in [2.45, 2.75) is 6.10 Å². The van der Waals surface area contributed by atoms with Gasteiger partial charge in [0.1, 0.15) is 6.10 Å². The van der Waals surface area contributed by atoms with E-state index < -0.39 is 0 Å². The molecule has 0 unspecified atom stereocenters. The molecule has 1 aliphatic heterocycles. The summed E-state index contributed by atoms with van der Waals surface area (Å²) in [6.45, 7) is 1.54. The van der Waals surface area contributed by atoms with Crippen molar-refractivity contribution in [2.24, 2.45) is 0 Å². The molecule has 0 spiro atoms. The largest absolute Gasteiger partial charge is 0.370 e. The van der Waals surface area contributed by atoms with E-state index in [1.54, 1.807) is 29.2 Å². The zero-order valence-electron chi connectivity index (χ0n) is 13.4. The van der Waals surface area contributed by atoms with E-state index in [4.69, 9.17) is 4.74 Å². The standard InChI is InChI=1S/C19H20N2O3/c22-18(13-20-19(23)16-9-5-2-6-10-16)21-11-12-24-17(14-21)15-7-3-1-4-8-15/h1-10,17H,11-14H2,(H,20,23)/t17-/m0/s1. The maximum atomic E-state index is 12.4. The Kier molecular flexibility index (Phi) is 5.23. The predicted octanol–water partition coefficient (Wildman–Crippen LogP) is 2.02. The molecule has 1 fully saturated rings. The summed E-state index contributed by atoms with van der Waals surface area (Å²) in [5.74, 6) is -0.333. The van der Waals surface area contributed by atoms with Crippen LogP contribution in [0.4, 0.5) is 0 Å². The van der Waals surface area contributed by atoms with Gasteiger partial charge in [-0.3, -0.25) is 9.59 Å². The van der Waals surface area contributed by atoms with Gasteiger partial charge in [-0.25, -0.2) is 0 Å². The minimum atomic E-state index is -0.239. The molecule has 0 radical (unpaired) electrons. The van der Waals surface area contributed by atoms with Gasteiger partial charge in [0.05, 0.1) is 19.7 Å². The van der Waals surface area contributed by atoms with E-state index in [0.29, 0.717) is 25.3 Å². The quantitative estimate of drug-likeness (QED) is 0.936. The van der Waals surface area contributed by atoms with E-state index >= 15 is 0 Å². The van der Waals surface area contributed by atoms with Gasteiger partial charge in [0, 0.05) is 12.1 Å². The van der Waals surface area contributed by atoms with Crippen molar-refractivity contribution in [3.05, 3.63) is 71.8 Å². The maximum Gasteiger partial charge on any atom is 0.251 e. The van der Waals surface area contributed by atoms with Crippen molar-refractivity contribution in [3.8, 4) is 0 Å². The normalized spacial score (nSPS) is 17.3. The minimum Gasteiger partial charge on any atom is -0.370 e. The average molecular weight is 324 g/mol. The Morgan fingerprint density at radius 1 is 1.04 bits per heavy atom. The van der Waals surface area contributed by atoms with E-state index in [-0.39, 0.29) is 24.5 Å². The molecule has 1 saturated heterocycles. The summed E-state index contributed by atoms with van der Waals surface area (Å²) in [6.07, 6.45) is -0.117. The molecule has 124 valence electrons. The van der Waals surface area contributed by atoms with Crippen molar-refractivity contribution in [1.82, 2.24) is 10.2 Å². The lowest BCUT2D eigenvalue weighted by Crippen LogP contribution is -2.46. The molecule has 5 heteroatoms. The number of nitrogens with zero attached hydrogens (tertiary/aromatic N) is 1. The third kappa shape index (κ3) is 4.00. The molecule has 2 amide bonds. The third-order valence-corrected chi connectivity index (χ3v) is 4.03. The number of benzene rings is 2. The van der Waals surface area contributed by atoms with Crippen LogP contribution in [0.3, 0.4) is 0 Å². The number of hydrogen-bond donors (Lipinski definition) is 1. The Labute approximate surface area is 141 Å². The zero-order chi connectivity index (χ0) is 16.8. The number of hydrogen-bond acceptors (Lipinski definition) is 3. The second-order valence-corrected chi connectivity index (χ2v) is 5.66. The van der Waals surface area contributed by atoms with Gasteiger partial charge < -0.3 is 15.0 Å². The van der Waals surface area contributed by atoms with Crippen LogP contribution in [0.15, 0.2) is 60.7 Å². The van der Waals surface area contributed by atoms with Gasteiger partial charge in [0.15, 0.2) is 0 Å². The fourth-order valence-electron chi connectivity index (χ4n) is 2.70. The molecule has 1 atom stereocenters. The van der Waals surface area contributed by atoms with Gasteiger partial charge in [-0.1, -0.05) is 48.5 Å². The van der Waals surface area contributed by atoms with E-state index in [1.807, 2.05) is 36.4 Å². The minimum absolute atomic E-state index is 0.00472. The van der Waals surface area contributed by atoms with Crippen LogP contribution in [0, 0.1) is 0 Å². The molecule has 1 N–H and O–H groups in total. The van der Waals surface area contributed by atoms with Crippen LogP contribution >= 0.6 is 0 Å². The van der Waals surface area contributed by atoms with Gasteiger partial charge in [0.25, 0.3) is 5.91 Å². The Bertz CT molecular complexity index is 688. The summed E-state index contributed by atoms with van der Waals surface area (Å²) < 4.78 is 5.76. The van der Waals surface area contributed by atoms with Crippen LogP contribution < -0.4 is 5.32 Å². The van der Waals surface area contributed by atoms with Crippen LogP contribution in [-0.4, -0.2) is 43.0 Å². The topological polar surface area (TPSA) is 58.6 Å². The first-order valence-corrected chi connectivity index (χ1v) is 8.01. The lowest BCUT2D eigenvalue weighted by Gasteiger charge is -2.33. The van der Waals surface area contributed by atoms with E-state index in [1.165, 1.54) is 0 Å². The summed E-state index contributed by atoms with van der Waals surface area (Å²) in [6, 6.07) is 18.7. The molecule has 0 bridgehead atoms. The molecule has 24 heavy (non-hydrogen) atoms. The second kappa shape index (κ2) is 7.75. The van der Waals surface area contributed by atoms with Crippen LogP contribution in [0.2, 0.25) is 0 Å².